The van der Waals surface area contributed by atoms with E-state index in [0.717, 1.165) is 35.9 Å². The van der Waals surface area contributed by atoms with E-state index in [1.54, 1.807) is 16.4 Å². The number of fused-ring (bicyclic) bond motifs is 2. The number of quaternary nitrogens is 1. The molecule has 1 aromatic heterocycles. The zero-order chi connectivity index (χ0) is 19.8. The number of piperazine rings is 1. The molecule has 0 bridgehead atoms. The summed E-state index contributed by atoms with van der Waals surface area (Å²) in [6.07, 6.45) is 2.08. The van der Waals surface area contributed by atoms with Crippen molar-refractivity contribution >= 4 is 31.7 Å². The van der Waals surface area contributed by atoms with Crippen LogP contribution in [0.3, 0.4) is 0 Å². The number of hydrogen-bond donors (Lipinski definition) is 2. The van der Waals surface area contributed by atoms with Crippen molar-refractivity contribution in [2.24, 2.45) is 0 Å². The Balaban J connectivity index is 1.30. The normalized spacial score (nSPS) is 16.6. The number of nitrogens with one attached hydrogen (secondary N) is 2. The molecule has 1 aliphatic heterocycles. The van der Waals surface area contributed by atoms with Crippen molar-refractivity contribution in [3.8, 4) is 0 Å². The molecule has 2 heterocycles. The van der Waals surface area contributed by atoms with Crippen LogP contribution in [0.15, 0.2) is 77.8 Å². The number of rotatable bonds is 4. The van der Waals surface area contributed by atoms with Crippen LogP contribution in [-0.2, 0) is 16.6 Å². The Morgan fingerprint density at radius 1 is 0.897 bits per heavy atom. The molecule has 5 rings (SSSR count). The van der Waals surface area contributed by atoms with Crippen LogP contribution in [-0.4, -0.2) is 43.9 Å². The Bertz CT molecular complexity index is 1270. The highest BCUT2D eigenvalue weighted by molar-refractivity contribution is 7.89. The third-order valence-corrected chi connectivity index (χ3v) is 7.80. The first-order chi connectivity index (χ1) is 14.1. The molecule has 0 aliphatic carbocycles. The van der Waals surface area contributed by atoms with Crippen LogP contribution in [0.1, 0.15) is 5.56 Å². The number of hydrogen-bond acceptors (Lipinski definition) is 2. The Morgan fingerprint density at radius 3 is 2.45 bits per heavy atom. The molecule has 1 aliphatic rings. The van der Waals surface area contributed by atoms with Crippen molar-refractivity contribution in [1.29, 1.82) is 0 Å². The number of sulfonamides is 1. The molecule has 29 heavy (non-hydrogen) atoms. The van der Waals surface area contributed by atoms with Crippen LogP contribution in [0.2, 0.25) is 0 Å². The number of aromatic amines is 1. The number of para-hydroxylation sites is 1. The van der Waals surface area contributed by atoms with Crippen molar-refractivity contribution in [3.05, 3.63) is 78.5 Å². The van der Waals surface area contributed by atoms with Crippen LogP contribution in [0.25, 0.3) is 21.7 Å². The number of H-pyrrole nitrogens is 1. The largest absolute Gasteiger partial charge is 0.361 e. The van der Waals surface area contributed by atoms with E-state index < -0.39 is 10.0 Å². The SMILES string of the molecule is O=S(=O)(c1ccc2ccccc2c1)N1CC[NH+](Cc2c[nH]c3ccccc23)CC1. The van der Waals surface area contributed by atoms with Gasteiger partial charge < -0.3 is 9.88 Å². The van der Waals surface area contributed by atoms with Crippen molar-refractivity contribution in [2.75, 3.05) is 26.2 Å². The summed E-state index contributed by atoms with van der Waals surface area (Å²) in [5.74, 6) is 0. The van der Waals surface area contributed by atoms with Gasteiger partial charge in [-0.1, -0.05) is 48.5 Å². The minimum absolute atomic E-state index is 0.385. The van der Waals surface area contributed by atoms with Crippen molar-refractivity contribution in [3.63, 3.8) is 0 Å². The minimum Gasteiger partial charge on any atom is -0.361 e. The fourth-order valence-electron chi connectivity index (χ4n) is 4.24. The van der Waals surface area contributed by atoms with E-state index in [0.29, 0.717) is 18.0 Å². The summed E-state index contributed by atoms with van der Waals surface area (Å²) < 4.78 is 27.9. The second-order valence-corrected chi connectivity index (χ2v) is 9.64. The van der Waals surface area contributed by atoms with Gasteiger partial charge in [0, 0.05) is 22.7 Å². The molecule has 6 heteroatoms. The lowest BCUT2D eigenvalue weighted by molar-refractivity contribution is -0.917. The van der Waals surface area contributed by atoms with Gasteiger partial charge in [0.2, 0.25) is 10.0 Å². The van der Waals surface area contributed by atoms with Crippen LogP contribution in [0.4, 0.5) is 0 Å². The molecular weight excluding hydrogens is 382 g/mol. The number of aromatic nitrogens is 1. The monoisotopic (exact) mass is 406 g/mol. The van der Waals surface area contributed by atoms with E-state index in [4.69, 9.17) is 0 Å². The van der Waals surface area contributed by atoms with Crippen LogP contribution in [0, 0.1) is 0 Å². The van der Waals surface area contributed by atoms with Crippen molar-refractivity contribution < 1.29 is 13.3 Å². The van der Waals surface area contributed by atoms with Gasteiger partial charge in [-0.15, -0.1) is 0 Å². The van der Waals surface area contributed by atoms with Crippen molar-refractivity contribution in [1.82, 2.24) is 9.29 Å². The fourth-order valence-corrected chi connectivity index (χ4v) is 5.72. The van der Waals surface area contributed by atoms with Gasteiger partial charge in [-0.25, -0.2) is 8.42 Å². The zero-order valence-electron chi connectivity index (χ0n) is 16.1. The van der Waals surface area contributed by atoms with E-state index in [1.807, 2.05) is 36.4 Å². The van der Waals surface area contributed by atoms with Gasteiger partial charge >= 0.3 is 0 Å². The quantitative estimate of drug-likeness (QED) is 0.547. The highest BCUT2D eigenvalue weighted by atomic mass is 32.2. The van der Waals surface area contributed by atoms with Gasteiger partial charge in [-0.2, -0.15) is 4.31 Å². The van der Waals surface area contributed by atoms with Crippen molar-refractivity contribution in [2.45, 2.75) is 11.4 Å². The van der Waals surface area contributed by atoms with Crippen LogP contribution in [0.5, 0.6) is 0 Å². The first-order valence-corrected chi connectivity index (χ1v) is 11.4. The Labute approximate surface area is 170 Å². The maximum Gasteiger partial charge on any atom is 0.243 e. The summed E-state index contributed by atoms with van der Waals surface area (Å²) in [6.45, 7) is 3.63. The topological polar surface area (TPSA) is 57.6 Å². The van der Waals surface area contributed by atoms with Gasteiger partial charge in [0.15, 0.2) is 0 Å². The van der Waals surface area contributed by atoms with Gasteiger partial charge in [-0.3, -0.25) is 0 Å². The molecule has 0 spiro atoms. The van der Waals surface area contributed by atoms with E-state index in [2.05, 4.69) is 29.4 Å². The van der Waals surface area contributed by atoms with E-state index in [-0.39, 0.29) is 0 Å². The summed E-state index contributed by atoms with van der Waals surface area (Å²) in [5, 5.41) is 3.27. The lowest BCUT2D eigenvalue weighted by Gasteiger charge is -2.31. The standard InChI is InChI=1S/C23H23N3O2S/c27-29(28,21-10-9-18-5-1-2-6-19(18)15-21)26-13-11-25(12-14-26)17-20-16-24-23-8-4-3-7-22(20)23/h1-10,15-16,24H,11-14,17H2/p+1. The van der Waals surface area contributed by atoms with Crippen LogP contribution < -0.4 is 4.90 Å². The average molecular weight is 407 g/mol. The maximum absolute atomic E-state index is 13.1. The molecular formula is C23H24N3O2S+. The Kier molecular flexibility index (Phi) is 4.62. The smallest absolute Gasteiger partial charge is 0.243 e. The van der Waals surface area contributed by atoms with Crippen LogP contribution >= 0.6 is 0 Å². The van der Waals surface area contributed by atoms with E-state index in [1.165, 1.54) is 15.8 Å². The summed E-state index contributed by atoms with van der Waals surface area (Å²) in [4.78, 5) is 5.13. The molecule has 0 atom stereocenters. The molecule has 0 saturated carbocycles. The summed E-state index contributed by atoms with van der Waals surface area (Å²) >= 11 is 0. The second-order valence-electron chi connectivity index (χ2n) is 7.70. The highest BCUT2D eigenvalue weighted by Crippen LogP contribution is 2.22. The zero-order valence-corrected chi connectivity index (χ0v) is 17.0. The minimum atomic E-state index is -3.46. The molecule has 1 saturated heterocycles. The predicted octanol–water partition coefficient (Wildman–Crippen LogP) is 2.41. The summed E-state index contributed by atoms with van der Waals surface area (Å²) in [5.41, 5.74) is 2.45. The summed E-state index contributed by atoms with van der Waals surface area (Å²) in [6, 6.07) is 21.6. The molecule has 4 aromatic rings. The first kappa shape index (κ1) is 18.4. The molecule has 0 radical (unpaired) electrons. The molecule has 5 nitrogen and oxygen atoms in total. The Hall–Kier alpha value is -2.67. The molecule has 148 valence electrons. The van der Waals surface area contributed by atoms with Gasteiger partial charge in [-0.05, 0) is 29.0 Å². The van der Waals surface area contributed by atoms with E-state index in [9.17, 15) is 8.42 Å². The van der Waals surface area contributed by atoms with E-state index >= 15 is 0 Å². The number of nitrogens with zero attached hydrogens (tertiary/aromatic N) is 1. The third-order valence-electron chi connectivity index (χ3n) is 5.90. The van der Waals surface area contributed by atoms with Gasteiger partial charge in [0.25, 0.3) is 0 Å². The molecule has 3 aromatic carbocycles. The average Bonchev–Trinajstić information content (AvgIpc) is 3.17. The van der Waals surface area contributed by atoms with Gasteiger partial charge in [0.1, 0.15) is 6.54 Å². The highest BCUT2D eigenvalue weighted by Gasteiger charge is 2.30. The Morgan fingerprint density at radius 2 is 1.62 bits per heavy atom. The molecule has 0 unspecified atom stereocenters. The third kappa shape index (κ3) is 3.44. The first-order valence-electron chi connectivity index (χ1n) is 9.99. The predicted molar refractivity (Wildman–Crippen MR) is 115 cm³/mol. The maximum atomic E-state index is 13.1. The lowest BCUT2D eigenvalue weighted by atomic mass is 10.1. The number of benzene rings is 3. The fraction of sp³-hybridized carbons (Fsp3) is 0.217. The molecule has 0 amide bonds. The van der Waals surface area contributed by atoms with Gasteiger partial charge in [0.05, 0.1) is 31.1 Å². The molecule has 1 fully saturated rings. The summed E-state index contributed by atoms with van der Waals surface area (Å²) in [7, 11) is -3.46. The lowest BCUT2D eigenvalue weighted by Crippen LogP contribution is -3.13. The molecule has 2 N–H and O–H groups in total. The second kappa shape index (κ2) is 7.30.